The second-order valence-electron chi connectivity index (χ2n) is 5.41. The average Bonchev–Trinajstić information content (AvgIpc) is 3.11. The van der Waals surface area contributed by atoms with Gasteiger partial charge in [0.05, 0.1) is 0 Å². The van der Waals surface area contributed by atoms with Gasteiger partial charge in [0.2, 0.25) is 5.91 Å². The van der Waals surface area contributed by atoms with E-state index in [2.05, 4.69) is 5.32 Å². The normalized spacial score (nSPS) is 10.3. The molecule has 0 radical (unpaired) electrons. The van der Waals surface area contributed by atoms with Crippen LogP contribution in [-0.4, -0.2) is 11.8 Å². The molecule has 6 nitrogen and oxygen atoms in total. The molecule has 26 heavy (non-hydrogen) atoms. The van der Waals surface area contributed by atoms with Crippen molar-refractivity contribution < 1.29 is 23.1 Å². The molecule has 0 fully saturated rings. The van der Waals surface area contributed by atoms with Gasteiger partial charge in [0.1, 0.15) is 23.9 Å². The predicted octanol–water partition coefficient (Wildman–Crippen LogP) is 3.35. The van der Waals surface area contributed by atoms with Gasteiger partial charge in [-0.1, -0.05) is 6.07 Å². The summed E-state index contributed by atoms with van der Waals surface area (Å²) in [6.45, 7) is 0.0933. The van der Waals surface area contributed by atoms with E-state index in [-0.39, 0.29) is 23.7 Å². The van der Waals surface area contributed by atoms with Crippen LogP contribution in [0.25, 0.3) is 0 Å². The molecule has 0 aliphatic heterocycles. The fourth-order valence-corrected chi connectivity index (χ4v) is 2.21. The number of anilines is 1. The Balaban J connectivity index is 1.61. The summed E-state index contributed by atoms with van der Waals surface area (Å²) < 4.78 is 23.7. The average molecular weight is 354 g/mol. The zero-order valence-corrected chi connectivity index (χ0v) is 13.6. The molecule has 1 aromatic heterocycles. The Morgan fingerprint density at radius 3 is 2.58 bits per heavy atom. The molecule has 0 aliphatic carbocycles. The Kier molecular flexibility index (Phi) is 4.98. The van der Waals surface area contributed by atoms with Gasteiger partial charge in [-0.3, -0.25) is 9.59 Å². The Morgan fingerprint density at radius 2 is 1.85 bits per heavy atom. The van der Waals surface area contributed by atoms with Crippen LogP contribution in [0.3, 0.4) is 0 Å². The van der Waals surface area contributed by atoms with Crippen molar-refractivity contribution >= 4 is 17.5 Å². The molecular formula is C19H15FN2O4. The van der Waals surface area contributed by atoms with Gasteiger partial charge >= 0.3 is 0 Å². The first-order valence-electron chi connectivity index (χ1n) is 7.69. The molecule has 0 saturated heterocycles. The lowest BCUT2D eigenvalue weighted by Gasteiger charge is -2.05. The van der Waals surface area contributed by atoms with Crippen LogP contribution in [0.15, 0.2) is 65.1 Å². The SMILES string of the molecule is NC(=O)c1cccc(NC(=O)c2ccc(COc3ccc(F)cc3)o2)c1. The Bertz CT molecular complexity index is 935. The van der Waals surface area contributed by atoms with Crippen molar-refractivity contribution in [1.29, 1.82) is 0 Å². The van der Waals surface area contributed by atoms with E-state index in [1.165, 1.54) is 36.4 Å². The van der Waals surface area contributed by atoms with E-state index in [0.29, 0.717) is 17.2 Å². The molecule has 2 amide bonds. The monoisotopic (exact) mass is 354 g/mol. The molecule has 3 rings (SSSR count). The van der Waals surface area contributed by atoms with Crippen molar-refractivity contribution in [3.8, 4) is 5.75 Å². The number of carbonyl (C=O) groups excluding carboxylic acids is 2. The van der Waals surface area contributed by atoms with Crippen LogP contribution in [0.4, 0.5) is 10.1 Å². The summed E-state index contributed by atoms with van der Waals surface area (Å²) in [6.07, 6.45) is 0. The highest BCUT2D eigenvalue weighted by Gasteiger charge is 2.13. The Morgan fingerprint density at radius 1 is 1.08 bits per heavy atom. The third kappa shape index (κ3) is 4.27. The summed E-state index contributed by atoms with van der Waals surface area (Å²) in [5, 5.41) is 2.62. The molecule has 0 bridgehead atoms. The maximum atomic E-state index is 12.8. The number of hydrogen-bond acceptors (Lipinski definition) is 4. The number of rotatable bonds is 6. The van der Waals surface area contributed by atoms with Crippen molar-refractivity contribution in [2.75, 3.05) is 5.32 Å². The number of ether oxygens (including phenoxy) is 1. The number of primary amides is 1. The third-order valence-electron chi connectivity index (χ3n) is 3.49. The summed E-state index contributed by atoms with van der Waals surface area (Å²) in [6, 6.07) is 15.0. The topological polar surface area (TPSA) is 94.6 Å². The first kappa shape index (κ1) is 17.2. The van der Waals surface area contributed by atoms with E-state index in [1.54, 1.807) is 24.3 Å². The van der Waals surface area contributed by atoms with Crippen LogP contribution in [0, 0.1) is 5.82 Å². The molecule has 2 aromatic carbocycles. The lowest BCUT2D eigenvalue weighted by atomic mass is 10.2. The van der Waals surface area contributed by atoms with Crippen LogP contribution < -0.4 is 15.8 Å². The molecule has 132 valence electrons. The molecule has 0 atom stereocenters. The standard InChI is InChI=1S/C19H15FN2O4/c20-13-4-6-15(7-5-13)25-11-16-8-9-17(26-16)19(24)22-14-3-1-2-12(10-14)18(21)23/h1-10H,11H2,(H2,21,23)(H,22,24). The van der Waals surface area contributed by atoms with Crippen molar-refractivity contribution in [3.63, 3.8) is 0 Å². The van der Waals surface area contributed by atoms with Gasteiger partial charge in [0.15, 0.2) is 5.76 Å². The minimum absolute atomic E-state index is 0.0900. The molecule has 0 spiro atoms. The second-order valence-corrected chi connectivity index (χ2v) is 5.41. The largest absolute Gasteiger partial charge is 0.486 e. The maximum absolute atomic E-state index is 12.8. The molecule has 7 heteroatoms. The van der Waals surface area contributed by atoms with Crippen molar-refractivity contribution in [3.05, 3.63) is 83.6 Å². The lowest BCUT2D eigenvalue weighted by Crippen LogP contribution is -2.14. The molecule has 0 aliphatic rings. The van der Waals surface area contributed by atoms with Crippen molar-refractivity contribution in [1.82, 2.24) is 0 Å². The van der Waals surface area contributed by atoms with Gasteiger partial charge in [-0.2, -0.15) is 0 Å². The molecule has 0 saturated carbocycles. The van der Waals surface area contributed by atoms with Crippen LogP contribution in [0.5, 0.6) is 5.75 Å². The lowest BCUT2D eigenvalue weighted by molar-refractivity contribution is 0.0985. The minimum Gasteiger partial charge on any atom is -0.486 e. The van der Waals surface area contributed by atoms with E-state index < -0.39 is 11.8 Å². The van der Waals surface area contributed by atoms with E-state index >= 15 is 0 Å². The van der Waals surface area contributed by atoms with E-state index in [1.807, 2.05) is 0 Å². The summed E-state index contributed by atoms with van der Waals surface area (Å²) in [4.78, 5) is 23.4. The van der Waals surface area contributed by atoms with E-state index in [9.17, 15) is 14.0 Å². The number of amides is 2. The fraction of sp³-hybridized carbons (Fsp3) is 0.0526. The fourth-order valence-electron chi connectivity index (χ4n) is 2.21. The molecule has 0 unspecified atom stereocenters. The number of halogens is 1. The Labute approximate surface area is 148 Å². The number of carbonyl (C=O) groups is 2. The van der Waals surface area contributed by atoms with Gasteiger partial charge in [0.25, 0.3) is 5.91 Å². The molecule has 3 aromatic rings. The highest BCUT2D eigenvalue weighted by atomic mass is 19.1. The van der Waals surface area contributed by atoms with E-state index in [4.69, 9.17) is 14.9 Å². The number of hydrogen-bond donors (Lipinski definition) is 2. The van der Waals surface area contributed by atoms with Crippen LogP contribution in [0.1, 0.15) is 26.7 Å². The zero-order valence-electron chi connectivity index (χ0n) is 13.6. The minimum atomic E-state index is -0.584. The first-order valence-corrected chi connectivity index (χ1v) is 7.69. The molecular weight excluding hydrogens is 339 g/mol. The smallest absolute Gasteiger partial charge is 0.291 e. The number of nitrogens with two attached hydrogens (primary N) is 1. The van der Waals surface area contributed by atoms with Crippen molar-refractivity contribution in [2.45, 2.75) is 6.61 Å². The zero-order chi connectivity index (χ0) is 18.5. The number of benzene rings is 2. The first-order chi connectivity index (χ1) is 12.5. The summed E-state index contributed by atoms with van der Waals surface area (Å²) >= 11 is 0. The van der Waals surface area contributed by atoms with Gasteiger partial charge in [-0.05, 0) is 54.6 Å². The maximum Gasteiger partial charge on any atom is 0.291 e. The highest BCUT2D eigenvalue weighted by Crippen LogP contribution is 2.17. The van der Waals surface area contributed by atoms with Crippen LogP contribution >= 0.6 is 0 Å². The van der Waals surface area contributed by atoms with E-state index in [0.717, 1.165) is 0 Å². The quantitative estimate of drug-likeness (QED) is 0.710. The molecule has 3 N–H and O–H groups in total. The van der Waals surface area contributed by atoms with Gasteiger partial charge in [-0.15, -0.1) is 0 Å². The van der Waals surface area contributed by atoms with Crippen molar-refractivity contribution in [2.24, 2.45) is 5.73 Å². The highest BCUT2D eigenvalue weighted by molar-refractivity contribution is 6.03. The van der Waals surface area contributed by atoms with Crippen LogP contribution in [0.2, 0.25) is 0 Å². The van der Waals surface area contributed by atoms with Crippen LogP contribution in [-0.2, 0) is 6.61 Å². The number of nitrogens with one attached hydrogen (secondary N) is 1. The summed E-state index contributed by atoms with van der Waals surface area (Å²) in [5.74, 6) is -0.400. The third-order valence-corrected chi connectivity index (χ3v) is 3.49. The predicted molar refractivity (Wildman–Crippen MR) is 92.4 cm³/mol. The van der Waals surface area contributed by atoms with Gasteiger partial charge in [0, 0.05) is 11.3 Å². The van der Waals surface area contributed by atoms with Gasteiger partial charge in [-0.25, -0.2) is 4.39 Å². The van der Waals surface area contributed by atoms with Gasteiger partial charge < -0.3 is 20.2 Å². The molecule has 1 heterocycles. The summed E-state index contributed by atoms with van der Waals surface area (Å²) in [5.41, 5.74) is 5.92. The number of furan rings is 1. The second kappa shape index (κ2) is 7.52. The Hall–Kier alpha value is -3.61. The summed E-state index contributed by atoms with van der Waals surface area (Å²) in [7, 11) is 0.